The molecule has 140 valence electrons. The van der Waals surface area contributed by atoms with Crippen molar-refractivity contribution < 1.29 is 29.1 Å². The van der Waals surface area contributed by atoms with Crippen molar-refractivity contribution in [1.29, 1.82) is 0 Å². The van der Waals surface area contributed by atoms with Crippen LogP contribution in [-0.4, -0.2) is 69.9 Å². The van der Waals surface area contributed by atoms with Gasteiger partial charge in [-0.1, -0.05) is 0 Å². The van der Waals surface area contributed by atoms with Gasteiger partial charge in [0, 0.05) is 6.54 Å². The van der Waals surface area contributed by atoms with Crippen molar-refractivity contribution in [2.45, 2.75) is 51.3 Å². The van der Waals surface area contributed by atoms with E-state index >= 15 is 0 Å². The van der Waals surface area contributed by atoms with Crippen LogP contribution in [0.1, 0.15) is 33.6 Å². The average molecular weight is 357 g/mol. The molecule has 2 atom stereocenters. The van der Waals surface area contributed by atoms with E-state index in [9.17, 15) is 24.4 Å². The number of hydrazine groups is 1. The van der Waals surface area contributed by atoms with E-state index in [0.29, 0.717) is 17.9 Å². The summed E-state index contributed by atoms with van der Waals surface area (Å²) < 4.78 is 4.97. The summed E-state index contributed by atoms with van der Waals surface area (Å²) in [5, 5.41) is 12.5. The highest BCUT2D eigenvalue weighted by Crippen LogP contribution is 2.28. The number of hydrogen-bond donors (Lipinski definition) is 4. The van der Waals surface area contributed by atoms with E-state index < -0.39 is 35.6 Å². The Hall–Kier alpha value is -2.56. The molecule has 25 heavy (non-hydrogen) atoms. The van der Waals surface area contributed by atoms with Gasteiger partial charge in [0.05, 0.1) is 6.04 Å². The Morgan fingerprint density at radius 3 is 2.56 bits per heavy atom. The topological polar surface area (TPSA) is 140 Å². The van der Waals surface area contributed by atoms with Crippen LogP contribution < -0.4 is 16.2 Å². The predicted octanol–water partition coefficient (Wildman–Crippen LogP) is -0.684. The minimum Gasteiger partial charge on any atom is -0.444 e. The lowest BCUT2D eigenvalue weighted by Crippen LogP contribution is -2.55. The summed E-state index contributed by atoms with van der Waals surface area (Å²) in [7, 11) is 0. The summed E-state index contributed by atoms with van der Waals surface area (Å²) in [4.78, 5) is 48.3. The number of urea groups is 1. The summed E-state index contributed by atoms with van der Waals surface area (Å²) in [5.41, 5.74) is 3.69. The van der Waals surface area contributed by atoms with Crippen LogP contribution in [0.3, 0.4) is 0 Å². The average Bonchev–Trinajstić information content (AvgIpc) is 2.74. The second-order valence-electron chi connectivity index (χ2n) is 6.92. The van der Waals surface area contributed by atoms with Crippen LogP contribution in [0.4, 0.5) is 9.59 Å². The third-order valence-corrected chi connectivity index (χ3v) is 3.76. The number of rotatable bonds is 3. The van der Waals surface area contributed by atoms with Crippen molar-refractivity contribution in [3.8, 4) is 0 Å². The molecule has 2 aliphatic rings. The van der Waals surface area contributed by atoms with Crippen molar-refractivity contribution >= 4 is 23.9 Å². The quantitative estimate of drug-likeness (QED) is 0.389. The number of nitrogens with one attached hydrogen (secondary N) is 3. The van der Waals surface area contributed by atoms with Gasteiger partial charge in [-0.05, 0) is 33.6 Å². The number of hydrogen-bond acceptors (Lipinski definition) is 6. The van der Waals surface area contributed by atoms with E-state index in [0.717, 1.165) is 0 Å². The largest absolute Gasteiger partial charge is 0.444 e. The van der Waals surface area contributed by atoms with Crippen LogP contribution in [0, 0.1) is 0 Å². The molecular formula is C14H23N5O6. The third-order valence-electron chi connectivity index (χ3n) is 3.76. The zero-order valence-corrected chi connectivity index (χ0v) is 14.4. The molecule has 5 amide bonds. The molecule has 2 heterocycles. The highest BCUT2D eigenvalue weighted by atomic mass is 16.6. The maximum atomic E-state index is 12.1. The molecule has 0 spiro atoms. The Labute approximate surface area is 144 Å². The molecule has 11 nitrogen and oxygen atoms in total. The third kappa shape index (κ3) is 4.72. The Morgan fingerprint density at radius 1 is 1.24 bits per heavy atom. The molecule has 4 N–H and O–H groups in total. The van der Waals surface area contributed by atoms with Crippen molar-refractivity contribution in [3.05, 3.63) is 0 Å². The molecule has 0 saturated carbocycles. The number of ether oxygens (including phenoxy) is 1. The van der Waals surface area contributed by atoms with Gasteiger partial charge in [0.1, 0.15) is 18.2 Å². The second-order valence-corrected chi connectivity index (χ2v) is 6.92. The lowest BCUT2D eigenvalue weighted by molar-refractivity contribution is -0.131. The Kier molecular flexibility index (Phi) is 5.36. The number of carbonyl (C=O) groups is 4. The van der Waals surface area contributed by atoms with Gasteiger partial charge in [0.15, 0.2) is 0 Å². The standard InChI is InChI=1S/C14H23N5O6/c1-14(2,3)25-12(22)15-6-10(20)16-17-11(21)9-5-4-8-7-18(9)13(23)19(8)24/h8-9,24H,4-7H2,1-3H3,(H,15,22)(H,16,20)(H,17,21)/t8-,9+/m1/s1. The van der Waals surface area contributed by atoms with Crippen molar-refractivity contribution in [2.75, 3.05) is 13.1 Å². The van der Waals surface area contributed by atoms with Crippen LogP contribution in [0.5, 0.6) is 0 Å². The highest BCUT2D eigenvalue weighted by Gasteiger charge is 2.46. The van der Waals surface area contributed by atoms with E-state index in [4.69, 9.17) is 4.74 Å². The fraction of sp³-hybridized carbons (Fsp3) is 0.714. The zero-order chi connectivity index (χ0) is 18.8. The van der Waals surface area contributed by atoms with E-state index in [1.165, 1.54) is 4.90 Å². The molecule has 0 radical (unpaired) electrons. The second kappa shape index (κ2) is 7.13. The number of hydroxylamine groups is 2. The van der Waals surface area contributed by atoms with E-state index in [1.807, 2.05) is 0 Å². The summed E-state index contributed by atoms with van der Waals surface area (Å²) in [6, 6.07) is -1.69. The van der Waals surface area contributed by atoms with Gasteiger partial charge in [-0.15, -0.1) is 0 Å². The molecule has 0 unspecified atom stereocenters. The highest BCUT2D eigenvalue weighted by molar-refractivity contribution is 5.90. The fourth-order valence-corrected chi connectivity index (χ4v) is 2.65. The van der Waals surface area contributed by atoms with Gasteiger partial charge in [-0.3, -0.25) is 25.6 Å². The monoisotopic (exact) mass is 357 g/mol. The predicted molar refractivity (Wildman–Crippen MR) is 83.1 cm³/mol. The summed E-state index contributed by atoms with van der Waals surface area (Å²) >= 11 is 0. The normalized spacial score (nSPS) is 22.5. The molecule has 2 aliphatic heterocycles. The first-order valence-corrected chi connectivity index (χ1v) is 7.93. The maximum Gasteiger partial charge on any atom is 0.408 e. The maximum absolute atomic E-state index is 12.1. The van der Waals surface area contributed by atoms with Gasteiger partial charge >= 0.3 is 12.1 Å². The number of amides is 5. The molecule has 0 aromatic carbocycles. The molecule has 2 saturated heterocycles. The van der Waals surface area contributed by atoms with Gasteiger partial charge in [-0.2, -0.15) is 0 Å². The summed E-state index contributed by atoms with van der Waals surface area (Å²) in [5.74, 6) is -1.21. The van der Waals surface area contributed by atoms with E-state index in [1.54, 1.807) is 20.8 Å². The first-order valence-electron chi connectivity index (χ1n) is 7.93. The van der Waals surface area contributed by atoms with Crippen LogP contribution in [0.25, 0.3) is 0 Å². The van der Waals surface area contributed by atoms with Gasteiger partial charge in [-0.25, -0.2) is 14.7 Å². The molecule has 2 bridgehead atoms. The van der Waals surface area contributed by atoms with Gasteiger partial charge in [0.2, 0.25) is 0 Å². The Bertz CT molecular complexity index is 575. The van der Waals surface area contributed by atoms with E-state index in [-0.39, 0.29) is 19.1 Å². The number of carbonyl (C=O) groups excluding carboxylic acids is 4. The minimum absolute atomic E-state index is 0.265. The number of piperidine rings is 1. The molecule has 11 heteroatoms. The lowest BCUT2D eigenvalue weighted by atomic mass is 10.0. The lowest BCUT2D eigenvalue weighted by Gasteiger charge is -2.29. The number of fused-ring (bicyclic) bond motifs is 2. The smallest absolute Gasteiger partial charge is 0.408 e. The van der Waals surface area contributed by atoms with Crippen molar-refractivity contribution in [3.63, 3.8) is 0 Å². The molecule has 0 aromatic heterocycles. The Morgan fingerprint density at radius 2 is 1.92 bits per heavy atom. The van der Waals surface area contributed by atoms with Crippen LogP contribution in [-0.2, 0) is 14.3 Å². The van der Waals surface area contributed by atoms with Crippen molar-refractivity contribution in [1.82, 2.24) is 26.1 Å². The van der Waals surface area contributed by atoms with Gasteiger partial charge in [0.25, 0.3) is 11.8 Å². The summed E-state index contributed by atoms with van der Waals surface area (Å²) in [6.07, 6.45) is 0.119. The molecular weight excluding hydrogens is 334 g/mol. The Balaban J connectivity index is 1.74. The molecule has 0 aromatic rings. The zero-order valence-electron chi connectivity index (χ0n) is 14.4. The van der Waals surface area contributed by atoms with E-state index in [2.05, 4.69) is 16.2 Å². The van der Waals surface area contributed by atoms with Crippen LogP contribution in [0.15, 0.2) is 0 Å². The fourth-order valence-electron chi connectivity index (χ4n) is 2.65. The first-order chi connectivity index (χ1) is 11.6. The summed E-state index contributed by atoms with van der Waals surface area (Å²) in [6.45, 7) is 4.95. The molecule has 0 aliphatic carbocycles. The molecule has 2 rings (SSSR count). The first kappa shape index (κ1) is 18.8. The SMILES string of the molecule is CC(C)(C)OC(=O)NCC(=O)NNC(=O)[C@@H]1CC[C@@H]2CN1C(=O)N2O. The number of nitrogens with zero attached hydrogens (tertiary/aromatic N) is 2. The van der Waals surface area contributed by atoms with Gasteiger partial charge < -0.3 is 15.0 Å². The number of alkyl carbamates (subject to hydrolysis) is 1. The van der Waals surface area contributed by atoms with Crippen LogP contribution >= 0.6 is 0 Å². The minimum atomic E-state index is -0.764. The molecule has 2 fully saturated rings. The van der Waals surface area contributed by atoms with Crippen LogP contribution in [0.2, 0.25) is 0 Å². The van der Waals surface area contributed by atoms with Crippen molar-refractivity contribution in [2.24, 2.45) is 0 Å².